The third-order valence-electron chi connectivity index (χ3n) is 5.33. The summed E-state index contributed by atoms with van der Waals surface area (Å²) in [6.07, 6.45) is 2.75. The molecule has 0 aliphatic heterocycles. The predicted octanol–water partition coefficient (Wildman–Crippen LogP) is 3.07. The molecule has 0 aromatic heterocycles. The molecule has 2 aliphatic rings. The number of aliphatic carboxylic acids is 1. The molecule has 2 fully saturated rings. The van der Waals surface area contributed by atoms with Crippen molar-refractivity contribution in [1.29, 1.82) is 0 Å². The molecule has 2 atom stereocenters. The van der Waals surface area contributed by atoms with E-state index < -0.39 is 11.5 Å². The van der Waals surface area contributed by atoms with Crippen molar-refractivity contribution in [2.45, 2.75) is 37.1 Å². The van der Waals surface area contributed by atoms with E-state index in [1.807, 2.05) is 18.2 Å². The zero-order valence-electron chi connectivity index (χ0n) is 12.8. The van der Waals surface area contributed by atoms with E-state index in [0.29, 0.717) is 12.8 Å². The van der Waals surface area contributed by atoms with Gasteiger partial charge >= 0.3 is 5.97 Å². The molecule has 1 amide bonds. The van der Waals surface area contributed by atoms with Crippen molar-refractivity contribution < 1.29 is 14.7 Å². The fourth-order valence-electron chi connectivity index (χ4n) is 3.65. The second kappa shape index (κ2) is 5.08. The summed E-state index contributed by atoms with van der Waals surface area (Å²) in [5, 5.41) is 14.5. The van der Waals surface area contributed by atoms with E-state index in [4.69, 9.17) is 0 Å². The van der Waals surface area contributed by atoms with E-state index in [1.165, 1.54) is 16.3 Å². The van der Waals surface area contributed by atoms with Gasteiger partial charge in [-0.15, -0.1) is 0 Å². The fraction of sp³-hybridized carbons (Fsp3) is 0.368. The third kappa shape index (κ3) is 2.29. The van der Waals surface area contributed by atoms with Crippen LogP contribution in [0.1, 0.15) is 37.2 Å². The normalized spacial score (nSPS) is 24.7. The number of carboxylic acid groups (broad SMARTS) is 1. The first-order valence-corrected chi connectivity index (χ1v) is 8.14. The molecule has 0 saturated heterocycles. The Kier molecular flexibility index (Phi) is 3.15. The summed E-state index contributed by atoms with van der Waals surface area (Å²) in [6, 6.07) is 14.4. The molecule has 0 bridgehead atoms. The number of rotatable bonds is 4. The first-order valence-electron chi connectivity index (χ1n) is 8.14. The number of nitrogens with one attached hydrogen (secondary N) is 1. The van der Waals surface area contributed by atoms with Crippen LogP contribution in [0.4, 0.5) is 0 Å². The average Bonchev–Trinajstić information content (AvgIpc) is 3.30. The smallest absolute Gasteiger partial charge is 0.329 e. The quantitative estimate of drug-likeness (QED) is 0.912. The van der Waals surface area contributed by atoms with Crippen molar-refractivity contribution >= 4 is 22.6 Å². The van der Waals surface area contributed by atoms with E-state index in [1.54, 1.807) is 0 Å². The van der Waals surface area contributed by atoms with Crippen LogP contribution >= 0.6 is 0 Å². The lowest BCUT2D eigenvalue weighted by Crippen LogP contribution is -2.59. The fourth-order valence-corrected chi connectivity index (χ4v) is 3.65. The van der Waals surface area contributed by atoms with E-state index in [0.717, 1.165) is 12.8 Å². The number of carbonyl (C=O) groups excluding carboxylic acids is 1. The van der Waals surface area contributed by atoms with E-state index in [-0.39, 0.29) is 17.7 Å². The highest BCUT2D eigenvalue weighted by molar-refractivity contribution is 5.92. The molecule has 2 aromatic carbocycles. The van der Waals surface area contributed by atoms with Crippen molar-refractivity contribution in [2.24, 2.45) is 5.92 Å². The minimum absolute atomic E-state index is 0.0994. The van der Waals surface area contributed by atoms with E-state index >= 15 is 0 Å². The van der Waals surface area contributed by atoms with Gasteiger partial charge in [0.05, 0.1) is 0 Å². The molecule has 2 unspecified atom stereocenters. The van der Waals surface area contributed by atoms with Crippen LogP contribution in [-0.4, -0.2) is 22.5 Å². The number of amides is 1. The van der Waals surface area contributed by atoms with Crippen LogP contribution < -0.4 is 5.32 Å². The number of hydrogen-bond acceptors (Lipinski definition) is 2. The van der Waals surface area contributed by atoms with Crippen LogP contribution in [0.5, 0.6) is 0 Å². The second-order valence-electron chi connectivity index (χ2n) is 6.75. The maximum absolute atomic E-state index is 12.5. The molecular formula is C19H19NO3. The molecule has 0 radical (unpaired) electrons. The van der Waals surface area contributed by atoms with Crippen molar-refractivity contribution in [3.63, 3.8) is 0 Å². The molecule has 4 heteroatoms. The van der Waals surface area contributed by atoms with Crippen molar-refractivity contribution in [2.75, 3.05) is 0 Å². The summed E-state index contributed by atoms with van der Waals surface area (Å²) in [6.45, 7) is 0. The Morgan fingerprint density at radius 2 is 1.83 bits per heavy atom. The van der Waals surface area contributed by atoms with Gasteiger partial charge in [-0.05, 0) is 47.9 Å². The molecule has 0 heterocycles. The Bertz CT molecular complexity index is 789. The largest absolute Gasteiger partial charge is 0.480 e. The first-order chi connectivity index (χ1) is 11.1. The third-order valence-corrected chi connectivity index (χ3v) is 5.33. The highest BCUT2D eigenvalue weighted by Crippen LogP contribution is 2.50. The zero-order valence-corrected chi connectivity index (χ0v) is 12.8. The lowest BCUT2D eigenvalue weighted by molar-refractivity contribution is -0.152. The highest BCUT2D eigenvalue weighted by atomic mass is 16.4. The molecule has 2 aliphatic carbocycles. The highest BCUT2D eigenvalue weighted by Gasteiger charge is 2.51. The van der Waals surface area contributed by atoms with Gasteiger partial charge in [0.2, 0.25) is 5.91 Å². The van der Waals surface area contributed by atoms with Gasteiger partial charge in [0.1, 0.15) is 5.54 Å². The lowest BCUT2D eigenvalue weighted by Gasteiger charge is -2.38. The van der Waals surface area contributed by atoms with Crippen LogP contribution in [0, 0.1) is 5.92 Å². The molecule has 118 valence electrons. The molecule has 23 heavy (non-hydrogen) atoms. The summed E-state index contributed by atoms with van der Waals surface area (Å²) < 4.78 is 0. The summed E-state index contributed by atoms with van der Waals surface area (Å²) in [5.41, 5.74) is 0.185. The van der Waals surface area contributed by atoms with Gasteiger partial charge in [0.25, 0.3) is 0 Å². The Morgan fingerprint density at radius 1 is 1.09 bits per heavy atom. The molecule has 2 aromatic rings. The SMILES string of the molecule is O=C(NC1(C(=O)O)CCC1)C1CC1c1cccc2ccccc12. The summed E-state index contributed by atoms with van der Waals surface area (Å²) in [7, 11) is 0. The van der Waals surface area contributed by atoms with E-state index in [2.05, 4.69) is 29.6 Å². The van der Waals surface area contributed by atoms with Gasteiger partial charge < -0.3 is 10.4 Å². The number of hydrogen-bond donors (Lipinski definition) is 2. The number of carbonyl (C=O) groups is 2. The number of fused-ring (bicyclic) bond motifs is 1. The first kappa shape index (κ1) is 14.2. The van der Waals surface area contributed by atoms with Crippen LogP contribution in [0.3, 0.4) is 0 Å². The zero-order chi connectivity index (χ0) is 16.0. The minimum atomic E-state index is -1.01. The molecular weight excluding hydrogens is 290 g/mol. The Balaban J connectivity index is 1.53. The number of carboxylic acids is 1. The van der Waals surface area contributed by atoms with Crippen LogP contribution in [0.2, 0.25) is 0 Å². The molecule has 4 rings (SSSR count). The second-order valence-corrected chi connectivity index (χ2v) is 6.75. The van der Waals surface area contributed by atoms with Crippen molar-refractivity contribution in [3.05, 3.63) is 48.0 Å². The van der Waals surface area contributed by atoms with Crippen molar-refractivity contribution in [1.82, 2.24) is 5.32 Å². The maximum Gasteiger partial charge on any atom is 0.329 e. The number of benzene rings is 2. The van der Waals surface area contributed by atoms with Gasteiger partial charge in [0.15, 0.2) is 0 Å². The topological polar surface area (TPSA) is 66.4 Å². The van der Waals surface area contributed by atoms with Gasteiger partial charge in [0, 0.05) is 5.92 Å². The Morgan fingerprint density at radius 3 is 2.52 bits per heavy atom. The Hall–Kier alpha value is -2.36. The monoisotopic (exact) mass is 309 g/mol. The molecule has 0 spiro atoms. The molecule has 4 nitrogen and oxygen atoms in total. The molecule has 2 saturated carbocycles. The van der Waals surface area contributed by atoms with Gasteiger partial charge in [-0.25, -0.2) is 4.79 Å². The molecule has 2 N–H and O–H groups in total. The standard InChI is InChI=1S/C19H19NO3/c21-17(20-19(18(22)23)9-4-10-19)16-11-15(16)14-8-3-6-12-5-1-2-7-13(12)14/h1-3,5-8,15-16H,4,9-11H2,(H,20,21)(H,22,23). The summed E-state index contributed by atoms with van der Waals surface area (Å²) in [5.74, 6) is -0.908. The summed E-state index contributed by atoms with van der Waals surface area (Å²) in [4.78, 5) is 23.9. The maximum atomic E-state index is 12.5. The van der Waals surface area contributed by atoms with Gasteiger partial charge in [-0.3, -0.25) is 4.79 Å². The van der Waals surface area contributed by atoms with E-state index in [9.17, 15) is 14.7 Å². The van der Waals surface area contributed by atoms with Crippen LogP contribution in [-0.2, 0) is 9.59 Å². The minimum Gasteiger partial charge on any atom is -0.480 e. The van der Waals surface area contributed by atoms with Gasteiger partial charge in [-0.2, -0.15) is 0 Å². The lowest BCUT2D eigenvalue weighted by atomic mass is 9.76. The average molecular weight is 309 g/mol. The van der Waals surface area contributed by atoms with Crippen LogP contribution in [0.25, 0.3) is 10.8 Å². The van der Waals surface area contributed by atoms with Gasteiger partial charge in [-0.1, -0.05) is 42.5 Å². The van der Waals surface area contributed by atoms with Crippen molar-refractivity contribution in [3.8, 4) is 0 Å². The predicted molar refractivity (Wildman–Crippen MR) is 87.2 cm³/mol. The Labute approximate surface area is 134 Å². The van der Waals surface area contributed by atoms with Crippen LogP contribution in [0.15, 0.2) is 42.5 Å². The summed E-state index contributed by atoms with van der Waals surface area (Å²) >= 11 is 0.